The number of carbonyl (C=O) groups is 1. The second-order valence-corrected chi connectivity index (χ2v) is 7.06. The molecule has 0 bridgehead atoms. The van der Waals surface area contributed by atoms with Gasteiger partial charge < -0.3 is 10.2 Å². The molecule has 0 saturated carbocycles. The van der Waals surface area contributed by atoms with E-state index in [9.17, 15) is 4.79 Å². The number of carbonyl (C=O) groups excluding carboxylic acids is 1. The number of fused-ring (bicyclic) bond motifs is 1. The molecular formula is C17H26N6OS. The molecule has 0 unspecified atom stereocenters. The van der Waals surface area contributed by atoms with Crippen LogP contribution >= 0.6 is 11.8 Å². The van der Waals surface area contributed by atoms with Crippen molar-refractivity contribution in [1.29, 1.82) is 0 Å². The van der Waals surface area contributed by atoms with Crippen molar-refractivity contribution in [2.45, 2.75) is 50.7 Å². The van der Waals surface area contributed by atoms with Gasteiger partial charge in [-0.2, -0.15) is 5.10 Å². The number of thioether (sulfide) groups is 1. The molecule has 1 aliphatic heterocycles. The molecule has 1 amide bonds. The van der Waals surface area contributed by atoms with E-state index in [0.717, 1.165) is 41.5 Å². The Labute approximate surface area is 152 Å². The highest BCUT2D eigenvalue weighted by Crippen LogP contribution is 2.28. The van der Waals surface area contributed by atoms with Gasteiger partial charge in [0.2, 0.25) is 5.91 Å². The van der Waals surface area contributed by atoms with Crippen molar-refractivity contribution in [1.82, 2.24) is 25.1 Å². The molecule has 2 aromatic heterocycles. The van der Waals surface area contributed by atoms with E-state index in [0.29, 0.717) is 19.5 Å². The van der Waals surface area contributed by atoms with Crippen LogP contribution in [0.1, 0.15) is 39.0 Å². The summed E-state index contributed by atoms with van der Waals surface area (Å²) in [6, 6.07) is 0. The fourth-order valence-electron chi connectivity index (χ4n) is 3.14. The van der Waals surface area contributed by atoms with Gasteiger partial charge in [-0.15, -0.1) is 0 Å². The molecule has 136 valence electrons. The molecule has 0 spiro atoms. The molecule has 2 aromatic rings. The normalized spacial score (nSPS) is 14.9. The molecule has 0 radical (unpaired) electrons. The van der Waals surface area contributed by atoms with Gasteiger partial charge in [-0.05, 0) is 31.9 Å². The van der Waals surface area contributed by atoms with Crippen LogP contribution in [0.2, 0.25) is 0 Å². The number of nitrogens with zero attached hydrogens (tertiary/aromatic N) is 5. The number of piperidine rings is 1. The van der Waals surface area contributed by atoms with Crippen LogP contribution in [0.15, 0.2) is 11.4 Å². The number of rotatable bonds is 7. The van der Waals surface area contributed by atoms with Crippen LogP contribution in [0.4, 0.5) is 5.82 Å². The van der Waals surface area contributed by atoms with Crippen molar-refractivity contribution in [2.24, 2.45) is 0 Å². The first kappa shape index (κ1) is 18.0. The van der Waals surface area contributed by atoms with E-state index >= 15 is 0 Å². The highest BCUT2D eigenvalue weighted by molar-refractivity contribution is 7.98. The minimum atomic E-state index is 0.0902. The van der Waals surface area contributed by atoms with E-state index in [1.54, 1.807) is 11.8 Å². The summed E-state index contributed by atoms with van der Waals surface area (Å²) in [5.41, 5.74) is 0.852. The molecule has 1 fully saturated rings. The Bertz CT molecular complexity index is 725. The third kappa shape index (κ3) is 4.23. The Kier molecular flexibility index (Phi) is 6.12. The molecule has 0 atom stereocenters. The number of nitrogens with one attached hydrogen (secondary N) is 1. The topological polar surface area (TPSA) is 75.9 Å². The van der Waals surface area contributed by atoms with Gasteiger partial charge in [0.05, 0.1) is 18.1 Å². The van der Waals surface area contributed by atoms with Gasteiger partial charge in [-0.3, -0.25) is 4.79 Å². The summed E-state index contributed by atoms with van der Waals surface area (Å²) in [5, 5.41) is 9.20. The van der Waals surface area contributed by atoms with Crippen molar-refractivity contribution in [2.75, 3.05) is 30.8 Å². The molecule has 1 aliphatic rings. The zero-order chi connectivity index (χ0) is 17.6. The molecular weight excluding hydrogens is 336 g/mol. The SMILES string of the molecule is CCCC(=O)NCCn1ncc2c(N3CCCCC3)nc(SC)nc21. The summed E-state index contributed by atoms with van der Waals surface area (Å²) < 4.78 is 1.87. The van der Waals surface area contributed by atoms with Crippen molar-refractivity contribution >= 4 is 34.5 Å². The van der Waals surface area contributed by atoms with Crippen molar-refractivity contribution in [3.05, 3.63) is 6.20 Å². The lowest BCUT2D eigenvalue weighted by molar-refractivity contribution is -0.121. The van der Waals surface area contributed by atoms with Crippen LogP contribution in [0, 0.1) is 0 Å². The van der Waals surface area contributed by atoms with Crippen molar-refractivity contribution in [3.63, 3.8) is 0 Å². The Morgan fingerprint density at radius 3 is 2.80 bits per heavy atom. The second-order valence-electron chi connectivity index (χ2n) is 6.29. The molecule has 0 aromatic carbocycles. The zero-order valence-electron chi connectivity index (χ0n) is 15.0. The Morgan fingerprint density at radius 2 is 2.08 bits per heavy atom. The first-order valence-corrected chi connectivity index (χ1v) is 10.2. The Morgan fingerprint density at radius 1 is 1.28 bits per heavy atom. The summed E-state index contributed by atoms with van der Waals surface area (Å²) in [5.74, 6) is 1.09. The lowest BCUT2D eigenvalue weighted by Crippen LogP contribution is -2.30. The summed E-state index contributed by atoms with van der Waals surface area (Å²) in [6.07, 6.45) is 8.98. The van der Waals surface area contributed by atoms with E-state index in [1.165, 1.54) is 19.3 Å². The third-order valence-electron chi connectivity index (χ3n) is 4.42. The number of aromatic nitrogens is 4. The molecule has 0 aliphatic carbocycles. The number of hydrogen-bond donors (Lipinski definition) is 1. The standard InChI is InChI=1S/C17H26N6OS/c1-3-7-14(24)18-8-11-23-16-13(12-19-23)15(20-17(21-16)25-2)22-9-5-4-6-10-22/h12H,3-11H2,1-2H3,(H,18,24). The average Bonchev–Trinajstić information content (AvgIpc) is 3.05. The zero-order valence-corrected chi connectivity index (χ0v) is 15.8. The highest BCUT2D eigenvalue weighted by atomic mass is 32.2. The lowest BCUT2D eigenvalue weighted by atomic mass is 10.1. The van der Waals surface area contributed by atoms with Crippen molar-refractivity contribution < 1.29 is 4.79 Å². The fourth-order valence-corrected chi connectivity index (χ4v) is 3.49. The maximum Gasteiger partial charge on any atom is 0.220 e. The smallest absolute Gasteiger partial charge is 0.220 e. The van der Waals surface area contributed by atoms with Crippen LogP contribution in [0.3, 0.4) is 0 Å². The van der Waals surface area contributed by atoms with E-state index in [4.69, 9.17) is 4.98 Å². The highest BCUT2D eigenvalue weighted by Gasteiger charge is 2.19. The van der Waals surface area contributed by atoms with E-state index in [1.807, 2.05) is 24.1 Å². The average molecular weight is 363 g/mol. The van der Waals surface area contributed by atoms with Gasteiger partial charge in [0.25, 0.3) is 0 Å². The van der Waals surface area contributed by atoms with Gasteiger partial charge in [-0.1, -0.05) is 18.7 Å². The second kappa shape index (κ2) is 8.51. The predicted octanol–water partition coefficient (Wildman–Crippen LogP) is 2.45. The first-order chi connectivity index (χ1) is 12.2. The predicted molar refractivity (Wildman–Crippen MR) is 101 cm³/mol. The van der Waals surface area contributed by atoms with Gasteiger partial charge >= 0.3 is 0 Å². The van der Waals surface area contributed by atoms with Gasteiger partial charge in [0, 0.05) is 26.1 Å². The molecule has 7 nitrogen and oxygen atoms in total. The van der Waals surface area contributed by atoms with Crippen LogP contribution in [-0.4, -0.2) is 51.5 Å². The van der Waals surface area contributed by atoms with Crippen molar-refractivity contribution in [3.8, 4) is 0 Å². The number of anilines is 1. The van der Waals surface area contributed by atoms with Gasteiger partial charge in [0.15, 0.2) is 10.8 Å². The Balaban J connectivity index is 1.82. The largest absolute Gasteiger partial charge is 0.356 e. The summed E-state index contributed by atoms with van der Waals surface area (Å²) >= 11 is 1.55. The molecule has 3 rings (SSSR count). The third-order valence-corrected chi connectivity index (χ3v) is 4.96. The molecule has 1 saturated heterocycles. The minimum absolute atomic E-state index is 0.0902. The van der Waals surface area contributed by atoms with E-state index in [-0.39, 0.29) is 5.91 Å². The Hall–Kier alpha value is -1.83. The van der Waals surface area contributed by atoms with Gasteiger partial charge in [0.1, 0.15) is 5.82 Å². The lowest BCUT2D eigenvalue weighted by Gasteiger charge is -2.28. The van der Waals surface area contributed by atoms with Crippen LogP contribution in [0.5, 0.6) is 0 Å². The summed E-state index contributed by atoms with van der Waals surface area (Å²) in [7, 11) is 0. The molecule has 8 heteroatoms. The summed E-state index contributed by atoms with van der Waals surface area (Å²) in [4.78, 5) is 23.4. The minimum Gasteiger partial charge on any atom is -0.356 e. The van der Waals surface area contributed by atoms with E-state index < -0.39 is 0 Å². The van der Waals surface area contributed by atoms with Crippen LogP contribution in [-0.2, 0) is 11.3 Å². The first-order valence-electron chi connectivity index (χ1n) is 9.02. The van der Waals surface area contributed by atoms with E-state index in [2.05, 4.69) is 20.3 Å². The molecule has 25 heavy (non-hydrogen) atoms. The fraction of sp³-hybridized carbons (Fsp3) is 0.647. The maximum absolute atomic E-state index is 11.6. The van der Waals surface area contributed by atoms with Crippen LogP contribution < -0.4 is 10.2 Å². The molecule has 3 heterocycles. The van der Waals surface area contributed by atoms with Gasteiger partial charge in [-0.25, -0.2) is 14.6 Å². The molecule has 1 N–H and O–H groups in total. The van der Waals surface area contributed by atoms with Crippen LogP contribution in [0.25, 0.3) is 11.0 Å². The number of amides is 1. The summed E-state index contributed by atoms with van der Waals surface area (Å²) in [6.45, 7) is 5.26. The number of hydrogen-bond acceptors (Lipinski definition) is 6. The monoisotopic (exact) mass is 362 g/mol. The maximum atomic E-state index is 11.6. The quantitative estimate of drug-likeness (QED) is 0.602.